The van der Waals surface area contributed by atoms with Gasteiger partial charge in [-0.25, -0.2) is 0 Å². The summed E-state index contributed by atoms with van der Waals surface area (Å²) < 4.78 is 0. The lowest BCUT2D eigenvalue weighted by atomic mass is 10.0. The summed E-state index contributed by atoms with van der Waals surface area (Å²) in [6.45, 7) is 5.72. The van der Waals surface area contributed by atoms with Gasteiger partial charge in [-0.3, -0.25) is 0 Å². The molecule has 0 radical (unpaired) electrons. The summed E-state index contributed by atoms with van der Waals surface area (Å²) in [7, 11) is 0. The minimum atomic E-state index is 0.745. The molecule has 1 heteroatoms. The van der Waals surface area contributed by atoms with E-state index in [0.29, 0.717) is 0 Å². The van der Waals surface area contributed by atoms with Crippen LogP contribution in [0.3, 0.4) is 0 Å². The number of nitrogens with one attached hydrogen (secondary N) is 1. The van der Waals surface area contributed by atoms with E-state index in [1.165, 1.54) is 38.6 Å². The van der Waals surface area contributed by atoms with E-state index in [1.807, 2.05) is 0 Å². The molecule has 1 aliphatic rings. The van der Waals surface area contributed by atoms with E-state index in [-0.39, 0.29) is 0 Å². The maximum absolute atomic E-state index is 3.77. The van der Waals surface area contributed by atoms with E-state index in [9.17, 15) is 0 Å². The lowest BCUT2D eigenvalue weighted by molar-refractivity contribution is 0.417. The molecule has 0 aliphatic heterocycles. The SMILES string of the molecule is CCCCC(NCCC)C1CC1c1ccccc1. The molecule has 1 aromatic carbocycles. The van der Waals surface area contributed by atoms with E-state index in [1.54, 1.807) is 5.56 Å². The molecule has 100 valence electrons. The van der Waals surface area contributed by atoms with Gasteiger partial charge in [0, 0.05) is 6.04 Å². The van der Waals surface area contributed by atoms with Crippen LogP contribution in [0.1, 0.15) is 57.4 Å². The van der Waals surface area contributed by atoms with Gasteiger partial charge in [-0.1, -0.05) is 57.0 Å². The summed E-state index contributed by atoms with van der Waals surface area (Å²) >= 11 is 0. The third-order valence-electron chi connectivity index (χ3n) is 4.11. The summed E-state index contributed by atoms with van der Waals surface area (Å²) in [5, 5.41) is 3.77. The number of hydrogen-bond donors (Lipinski definition) is 1. The highest BCUT2D eigenvalue weighted by Gasteiger charge is 2.42. The van der Waals surface area contributed by atoms with Crippen LogP contribution < -0.4 is 5.32 Å². The van der Waals surface area contributed by atoms with Crippen molar-refractivity contribution in [1.82, 2.24) is 5.32 Å². The summed E-state index contributed by atoms with van der Waals surface area (Å²) in [6, 6.07) is 11.8. The topological polar surface area (TPSA) is 12.0 Å². The fraction of sp³-hybridized carbons (Fsp3) is 0.647. The van der Waals surface area contributed by atoms with Crippen molar-refractivity contribution in [3.63, 3.8) is 0 Å². The molecule has 18 heavy (non-hydrogen) atoms. The van der Waals surface area contributed by atoms with Gasteiger partial charge >= 0.3 is 0 Å². The summed E-state index contributed by atoms with van der Waals surface area (Å²) in [5.74, 6) is 1.70. The molecule has 1 aromatic rings. The summed E-state index contributed by atoms with van der Waals surface area (Å²) in [6.07, 6.45) is 6.65. The van der Waals surface area contributed by atoms with Crippen LogP contribution in [0.25, 0.3) is 0 Å². The average molecular weight is 245 g/mol. The molecule has 1 saturated carbocycles. The molecular weight excluding hydrogens is 218 g/mol. The van der Waals surface area contributed by atoms with Crippen LogP contribution in [0.4, 0.5) is 0 Å². The molecular formula is C17H27N. The molecule has 2 rings (SSSR count). The first-order chi connectivity index (χ1) is 8.86. The minimum Gasteiger partial charge on any atom is -0.314 e. The Hall–Kier alpha value is -0.820. The van der Waals surface area contributed by atoms with Crippen molar-refractivity contribution in [1.29, 1.82) is 0 Å². The smallest absolute Gasteiger partial charge is 0.0101 e. The number of rotatable bonds is 8. The Morgan fingerprint density at radius 3 is 2.61 bits per heavy atom. The van der Waals surface area contributed by atoms with Crippen molar-refractivity contribution >= 4 is 0 Å². The quantitative estimate of drug-likeness (QED) is 0.718. The molecule has 3 atom stereocenters. The van der Waals surface area contributed by atoms with Crippen LogP contribution in [0.2, 0.25) is 0 Å². The van der Waals surface area contributed by atoms with Crippen LogP contribution in [-0.2, 0) is 0 Å². The van der Waals surface area contributed by atoms with Crippen molar-refractivity contribution in [3.8, 4) is 0 Å². The number of hydrogen-bond acceptors (Lipinski definition) is 1. The Morgan fingerprint density at radius 1 is 1.17 bits per heavy atom. The lowest BCUT2D eigenvalue weighted by Gasteiger charge is -2.18. The maximum atomic E-state index is 3.77. The molecule has 0 heterocycles. The zero-order valence-corrected chi connectivity index (χ0v) is 11.9. The molecule has 0 bridgehead atoms. The summed E-state index contributed by atoms with van der Waals surface area (Å²) in [4.78, 5) is 0. The molecule has 1 fully saturated rings. The van der Waals surface area contributed by atoms with E-state index in [0.717, 1.165) is 17.9 Å². The third-order valence-corrected chi connectivity index (χ3v) is 4.11. The normalized spacial score (nSPS) is 23.9. The van der Waals surface area contributed by atoms with Crippen molar-refractivity contribution < 1.29 is 0 Å². The second-order valence-corrected chi connectivity index (χ2v) is 5.62. The van der Waals surface area contributed by atoms with Crippen molar-refractivity contribution in [2.45, 2.75) is 57.9 Å². The predicted octanol–water partition coefficient (Wildman–Crippen LogP) is 4.35. The largest absolute Gasteiger partial charge is 0.314 e. The molecule has 0 amide bonds. The lowest BCUT2D eigenvalue weighted by Crippen LogP contribution is -2.32. The van der Waals surface area contributed by atoms with Crippen molar-refractivity contribution in [2.75, 3.05) is 6.54 Å². The Kier molecular flexibility index (Phi) is 5.25. The van der Waals surface area contributed by atoms with Gasteiger partial charge in [-0.2, -0.15) is 0 Å². The first-order valence-electron chi connectivity index (χ1n) is 7.65. The average Bonchev–Trinajstić information content (AvgIpc) is 3.20. The number of unbranched alkanes of at least 4 members (excludes halogenated alkanes) is 1. The standard InChI is InChI=1S/C17H27N/c1-3-5-11-17(18-12-4-2)16-13-15(16)14-9-7-6-8-10-14/h6-10,15-18H,3-5,11-13H2,1-2H3. The van der Waals surface area contributed by atoms with Gasteiger partial charge in [0.25, 0.3) is 0 Å². The Morgan fingerprint density at radius 2 is 1.94 bits per heavy atom. The van der Waals surface area contributed by atoms with Crippen LogP contribution in [0.15, 0.2) is 30.3 Å². The zero-order chi connectivity index (χ0) is 12.8. The molecule has 3 unspecified atom stereocenters. The minimum absolute atomic E-state index is 0.745. The fourth-order valence-electron chi connectivity index (χ4n) is 2.96. The van der Waals surface area contributed by atoms with E-state index >= 15 is 0 Å². The first kappa shape index (κ1) is 13.6. The van der Waals surface area contributed by atoms with Gasteiger partial charge in [-0.05, 0) is 43.2 Å². The fourth-order valence-corrected chi connectivity index (χ4v) is 2.96. The molecule has 1 N–H and O–H groups in total. The second-order valence-electron chi connectivity index (χ2n) is 5.62. The highest BCUT2D eigenvalue weighted by Crippen LogP contribution is 2.50. The monoisotopic (exact) mass is 245 g/mol. The van der Waals surface area contributed by atoms with Crippen molar-refractivity contribution in [3.05, 3.63) is 35.9 Å². The molecule has 0 saturated heterocycles. The van der Waals surface area contributed by atoms with Gasteiger partial charge in [0.15, 0.2) is 0 Å². The maximum Gasteiger partial charge on any atom is 0.0101 e. The molecule has 0 spiro atoms. The van der Waals surface area contributed by atoms with Crippen LogP contribution in [-0.4, -0.2) is 12.6 Å². The van der Waals surface area contributed by atoms with Gasteiger partial charge < -0.3 is 5.32 Å². The highest BCUT2D eigenvalue weighted by molar-refractivity contribution is 5.26. The van der Waals surface area contributed by atoms with E-state index < -0.39 is 0 Å². The van der Waals surface area contributed by atoms with E-state index in [4.69, 9.17) is 0 Å². The predicted molar refractivity (Wildman–Crippen MR) is 78.9 cm³/mol. The third kappa shape index (κ3) is 3.58. The van der Waals surface area contributed by atoms with Gasteiger partial charge in [0.05, 0.1) is 0 Å². The van der Waals surface area contributed by atoms with Crippen LogP contribution in [0, 0.1) is 5.92 Å². The van der Waals surface area contributed by atoms with Gasteiger partial charge in [0.2, 0.25) is 0 Å². The molecule has 1 aliphatic carbocycles. The Bertz CT molecular complexity index is 325. The van der Waals surface area contributed by atoms with Crippen molar-refractivity contribution in [2.24, 2.45) is 5.92 Å². The summed E-state index contributed by atoms with van der Waals surface area (Å²) in [5.41, 5.74) is 1.54. The van der Waals surface area contributed by atoms with Crippen LogP contribution in [0.5, 0.6) is 0 Å². The van der Waals surface area contributed by atoms with Gasteiger partial charge in [0.1, 0.15) is 0 Å². The highest BCUT2D eigenvalue weighted by atomic mass is 14.9. The van der Waals surface area contributed by atoms with E-state index in [2.05, 4.69) is 49.5 Å². The Labute approximate surface area is 112 Å². The second kappa shape index (κ2) is 6.94. The molecule has 0 aromatic heterocycles. The van der Waals surface area contributed by atoms with Gasteiger partial charge in [-0.15, -0.1) is 0 Å². The molecule has 1 nitrogen and oxygen atoms in total. The Balaban J connectivity index is 1.88. The number of benzene rings is 1. The van der Waals surface area contributed by atoms with Crippen LogP contribution >= 0.6 is 0 Å². The first-order valence-corrected chi connectivity index (χ1v) is 7.65. The zero-order valence-electron chi connectivity index (χ0n) is 11.9.